The SMILES string of the molecule is CCOP(=S)(OCC)SC(CC(=O)c1cccc(Br)c1)C(=O)O. The van der Waals surface area contributed by atoms with Crippen LogP contribution in [-0.4, -0.2) is 35.3 Å². The van der Waals surface area contributed by atoms with E-state index in [0.717, 1.165) is 15.9 Å². The quantitative estimate of drug-likeness (QED) is 0.423. The summed E-state index contributed by atoms with van der Waals surface area (Å²) in [5.41, 5.74) is -2.33. The summed E-state index contributed by atoms with van der Waals surface area (Å²) >= 11 is 9.55. The molecule has 1 aromatic carbocycles. The molecule has 1 unspecified atom stereocenters. The summed E-state index contributed by atoms with van der Waals surface area (Å²) in [5, 5.41) is 8.39. The van der Waals surface area contributed by atoms with E-state index in [0.29, 0.717) is 18.8 Å². The molecule has 0 aliphatic rings. The van der Waals surface area contributed by atoms with Gasteiger partial charge in [0.15, 0.2) is 5.78 Å². The Kier molecular flexibility index (Phi) is 8.97. The third-order valence-corrected chi connectivity index (χ3v) is 8.72. The Balaban J connectivity index is 2.88. The van der Waals surface area contributed by atoms with Gasteiger partial charge >= 0.3 is 5.97 Å². The molecule has 0 saturated carbocycles. The number of carboxylic acids is 1. The van der Waals surface area contributed by atoms with E-state index in [4.69, 9.17) is 20.9 Å². The van der Waals surface area contributed by atoms with Crippen molar-refractivity contribution in [3.63, 3.8) is 0 Å². The molecule has 0 fully saturated rings. The van der Waals surface area contributed by atoms with Gasteiger partial charge in [0.1, 0.15) is 5.25 Å². The molecule has 0 heterocycles. The van der Waals surface area contributed by atoms with Gasteiger partial charge in [0.05, 0.1) is 13.2 Å². The van der Waals surface area contributed by atoms with Gasteiger partial charge in [0.25, 0.3) is 0 Å². The van der Waals surface area contributed by atoms with E-state index in [1.54, 1.807) is 38.1 Å². The Hall–Kier alpha value is -0.240. The predicted octanol–water partition coefficient (Wildman–Crippen LogP) is 4.51. The second kappa shape index (κ2) is 9.91. The number of carboxylic acid groups (broad SMARTS) is 1. The van der Waals surface area contributed by atoms with Crippen LogP contribution < -0.4 is 0 Å². The highest BCUT2D eigenvalue weighted by atomic mass is 79.9. The molecular weight excluding hydrogens is 423 g/mol. The molecule has 0 aliphatic carbocycles. The summed E-state index contributed by atoms with van der Waals surface area (Å²) in [7, 11) is 0. The maximum absolute atomic E-state index is 12.3. The first-order valence-electron chi connectivity index (χ1n) is 6.90. The minimum atomic E-state index is -2.78. The number of hydrogen-bond donors (Lipinski definition) is 1. The number of halogens is 1. The summed E-state index contributed by atoms with van der Waals surface area (Å²) < 4.78 is 11.6. The van der Waals surface area contributed by atoms with Gasteiger partial charge in [-0.05, 0) is 37.8 Å². The second-order valence-electron chi connectivity index (χ2n) is 4.35. The average molecular weight is 441 g/mol. The van der Waals surface area contributed by atoms with Crippen molar-refractivity contribution in [3.8, 4) is 0 Å². The van der Waals surface area contributed by atoms with Gasteiger partial charge in [0.2, 0.25) is 5.69 Å². The molecule has 128 valence electrons. The van der Waals surface area contributed by atoms with Gasteiger partial charge < -0.3 is 14.2 Å². The lowest BCUT2D eigenvalue weighted by Crippen LogP contribution is -2.21. The Morgan fingerprint density at radius 3 is 2.43 bits per heavy atom. The molecule has 1 atom stereocenters. The maximum atomic E-state index is 12.3. The van der Waals surface area contributed by atoms with Crippen LogP contribution >= 0.6 is 33.0 Å². The van der Waals surface area contributed by atoms with Gasteiger partial charge in [-0.2, -0.15) is 0 Å². The van der Waals surface area contributed by atoms with Gasteiger partial charge in [-0.25, -0.2) is 0 Å². The number of ketones is 1. The van der Waals surface area contributed by atoms with Crippen LogP contribution in [0.2, 0.25) is 0 Å². The lowest BCUT2D eigenvalue weighted by atomic mass is 10.1. The smallest absolute Gasteiger partial charge is 0.317 e. The highest BCUT2D eigenvalue weighted by Crippen LogP contribution is 2.63. The molecule has 0 amide bonds. The van der Waals surface area contributed by atoms with Crippen LogP contribution in [0.25, 0.3) is 0 Å². The van der Waals surface area contributed by atoms with Crippen LogP contribution in [0.5, 0.6) is 0 Å². The van der Waals surface area contributed by atoms with Gasteiger partial charge in [-0.15, -0.1) is 0 Å². The second-order valence-corrected chi connectivity index (χ2v) is 11.7. The number of benzene rings is 1. The zero-order valence-electron chi connectivity index (χ0n) is 12.7. The van der Waals surface area contributed by atoms with Crippen LogP contribution in [0.4, 0.5) is 0 Å². The molecule has 23 heavy (non-hydrogen) atoms. The van der Waals surface area contributed by atoms with E-state index < -0.39 is 16.9 Å². The first-order valence-corrected chi connectivity index (χ1v) is 11.8. The molecule has 0 radical (unpaired) electrons. The Morgan fingerprint density at radius 1 is 1.35 bits per heavy atom. The Bertz CT molecular complexity index is 601. The maximum Gasteiger partial charge on any atom is 0.317 e. The first kappa shape index (κ1) is 20.8. The lowest BCUT2D eigenvalue weighted by Gasteiger charge is -2.23. The average Bonchev–Trinajstić information content (AvgIpc) is 2.46. The molecule has 0 bridgehead atoms. The first-order chi connectivity index (χ1) is 10.8. The van der Waals surface area contributed by atoms with Gasteiger partial charge in [-0.1, -0.05) is 39.4 Å². The zero-order chi connectivity index (χ0) is 17.5. The van der Waals surface area contributed by atoms with E-state index in [2.05, 4.69) is 15.9 Å². The van der Waals surface area contributed by atoms with Crippen molar-refractivity contribution < 1.29 is 23.7 Å². The molecule has 0 spiro atoms. The molecule has 0 aromatic heterocycles. The predicted molar refractivity (Wildman–Crippen MR) is 99.6 cm³/mol. The van der Waals surface area contributed by atoms with Crippen molar-refractivity contribution in [2.75, 3.05) is 13.2 Å². The fraction of sp³-hybridized carbons (Fsp3) is 0.429. The van der Waals surface area contributed by atoms with E-state index in [1.807, 2.05) is 0 Å². The van der Waals surface area contributed by atoms with Crippen LogP contribution in [0.15, 0.2) is 28.7 Å². The fourth-order valence-electron chi connectivity index (χ4n) is 1.69. The van der Waals surface area contributed by atoms with Gasteiger partial charge in [-0.3, -0.25) is 9.59 Å². The van der Waals surface area contributed by atoms with Crippen molar-refractivity contribution in [1.29, 1.82) is 0 Å². The minimum Gasteiger partial charge on any atom is -0.480 e. The normalized spacial score (nSPS) is 12.8. The van der Waals surface area contributed by atoms with Crippen molar-refractivity contribution in [3.05, 3.63) is 34.3 Å². The summed E-state index contributed by atoms with van der Waals surface area (Å²) in [5.74, 6) is -1.37. The van der Waals surface area contributed by atoms with Gasteiger partial charge in [0, 0.05) is 16.5 Å². The number of aliphatic carboxylic acids is 1. The topological polar surface area (TPSA) is 72.8 Å². The van der Waals surface area contributed by atoms with E-state index in [-0.39, 0.29) is 12.2 Å². The Labute approximate surface area is 153 Å². The molecule has 1 rings (SSSR count). The van der Waals surface area contributed by atoms with E-state index in [9.17, 15) is 14.7 Å². The van der Waals surface area contributed by atoms with Crippen molar-refractivity contribution >= 4 is 56.6 Å². The largest absolute Gasteiger partial charge is 0.480 e. The van der Waals surface area contributed by atoms with Crippen molar-refractivity contribution in [1.82, 2.24) is 0 Å². The summed E-state index contributed by atoms with van der Waals surface area (Å²) in [4.78, 5) is 23.8. The monoisotopic (exact) mass is 440 g/mol. The number of carbonyl (C=O) groups excluding carboxylic acids is 1. The van der Waals surface area contributed by atoms with E-state index >= 15 is 0 Å². The number of carbonyl (C=O) groups is 2. The van der Waals surface area contributed by atoms with E-state index in [1.165, 1.54) is 0 Å². The summed E-state index contributed by atoms with van der Waals surface area (Å²) in [6.07, 6.45) is -0.172. The minimum absolute atomic E-state index is 0.172. The van der Waals surface area contributed by atoms with Crippen molar-refractivity contribution in [2.24, 2.45) is 0 Å². The number of Topliss-reactive ketones (excluding diaryl/α,β-unsaturated/α-hetero) is 1. The van der Waals surface area contributed by atoms with Crippen LogP contribution in [0, 0.1) is 0 Å². The molecular formula is C14H18BrO5PS2. The molecule has 0 aliphatic heterocycles. The molecule has 5 nitrogen and oxygen atoms in total. The summed E-state index contributed by atoms with van der Waals surface area (Å²) in [6, 6.07) is 6.83. The summed E-state index contributed by atoms with van der Waals surface area (Å²) in [6.45, 7) is 4.19. The Morgan fingerprint density at radius 2 is 1.96 bits per heavy atom. The van der Waals surface area contributed by atoms with Crippen LogP contribution in [0.3, 0.4) is 0 Å². The highest BCUT2D eigenvalue weighted by molar-refractivity contribution is 9.10. The highest BCUT2D eigenvalue weighted by Gasteiger charge is 2.31. The molecule has 0 saturated heterocycles. The molecule has 1 N–H and O–H groups in total. The molecule has 9 heteroatoms. The third-order valence-electron chi connectivity index (χ3n) is 2.62. The van der Waals surface area contributed by atoms with Crippen molar-refractivity contribution in [2.45, 2.75) is 25.5 Å². The third kappa shape index (κ3) is 7.03. The van der Waals surface area contributed by atoms with Crippen LogP contribution in [-0.2, 0) is 25.6 Å². The zero-order valence-corrected chi connectivity index (χ0v) is 16.8. The van der Waals surface area contributed by atoms with Crippen LogP contribution in [0.1, 0.15) is 30.6 Å². The standard InChI is InChI=1S/C14H18BrO5PS2/c1-3-19-21(22,20-4-2)23-13(14(17)18)9-12(16)10-6-5-7-11(15)8-10/h5-8,13H,3-4,9H2,1-2H3,(H,17,18). The molecule has 1 aromatic rings. The fourth-order valence-corrected chi connectivity index (χ4v) is 7.54. The number of rotatable bonds is 10. The number of hydrogen-bond acceptors (Lipinski definition) is 6. The lowest BCUT2D eigenvalue weighted by molar-refractivity contribution is -0.136.